The largest absolute Gasteiger partial charge is 0.305 e. The summed E-state index contributed by atoms with van der Waals surface area (Å²) in [6.07, 6.45) is 4.23. The fourth-order valence-electron chi connectivity index (χ4n) is 1.22. The van der Waals surface area contributed by atoms with Crippen molar-refractivity contribution in [3.63, 3.8) is 0 Å². The smallest absolute Gasteiger partial charge is 0.0573 e. The Bertz CT molecular complexity index is 105. The molecule has 2 nitrogen and oxygen atoms in total. The van der Waals surface area contributed by atoms with Gasteiger partial charge in [0.1, 0.15) is 0 Å². The van der Waals surface area contributed by atoms with Crippen LogP contribution in [-0.2, 0) is 0 Å². The van der Waals surface area contributed by atoms with Crippen LogP contribution in [0.25, 0.3) is 0 Å². The first-order valence-electron chi connectivity index (χ1n) is 4.94. The molecular formula is C10H24N2. The Morgan fingerprint density at radius 2 is 1.83 bits per heavy atom. The van der Waals surface area contributed by atoms with Crippen molar-refractivity contribution in [2.45, 2.75) is 58.7 Å². The molecule has 0 aliphatic rings. The Morgan fingerprint density at radius 3 is 2.17 bits per heavy atom. The van der Waals surface area contributed by atoms with Crippen molar-refractivity contribution in [3.05, 3.63) is 0 Å². The molecule has 0 saturated carbocycles. The molecular weight excluding hydrogens is 148 g/mol. The maximum absolute atomic E-state index is 3.53. The molecule has 0 radical (unpaired) electrons. The predicted molar refractivity (Wildman–Crippen MR) is 55.3 cm³/mol. The van der Waals surface area contributed by atoms with Crippen molar-refractivity contribution in [1.29, 1.82) is 0 Å². The molecule has 1 unspecified atom stereocenters. The molecule has 2 N–H and O–H groups in total. The van der Waals surface area contributed by atoms with Gasteiger partial charge in [-0.15, -0.1) is 0 Å². The fourth-order valence-corrected chi connectivity index (χ4v) is 1.22. The molecule has 0 aromatic carbocycles. The van der Waals surface area contributed by atoms with Gasteiger partial charge in [-0.3, -0.25) is 5.32 Å². The quantitative estimate of drug-likeness (QED) is 0.621. The zero-order chi connectivity index (χ0) is 9.61. The molecule has 0 aliphatic carbocycles. The maximum Gasteiger partial charge on any atom is 0.0573 e. The zero-order valence-electron chi connectivity index (χ0n) is 9.20. The van der Waals surface area contributed by atoms with Crippen LogP contribution in [0.4, 0.5) is 0 Å². The van der Waals surface area contributed by atoms with Gasteiger partial charge < -0.3 is 5.32 Å². The topological polar surface area (TPSA) is 24.1 Å². The van der Waals surface area contributed by atoms with Crippen molar-refractivity contribution in [3.8, 4) is 0 Å². The van der Waals surface area contributed by atoms with Crippen molar-refractivity contribution in [2.24, 2.45) is 0 Å². The van der Waals surface area contributed by atoms with Crippen LogP contribution in [0.2, 0.25) is 0 Å². The summed E-state index contributed by atoms with van der Waals surface area (Å²) in [5.74, 6) is 0. The summed E-state index contributed by atoms with van der Waals surface area (Å²) in [7, 11) is 2.01. The number of hydrogen-bond donors (Lipinski definition) is 2. The Labute approximate surface area is 77.1 Å². The Hall–Kier alpha value is -0.0800. The minimum atomic E-state index is 0.210. The number of unbranched alkanes of at least 4 members (excludes halogenated alkanes) is 1. The molecule has 0 aromatic rings. The molecule has 0 aromatic heterocycles. The minimum absolute atomic E-state index is 0.210. The highest BCUT2D eigenvalue weighted by atomic mass is 15.1. The van der Waals surface area contributed by atoms with E-state index in [0.29, 0.717) is 6.17 Å². The molecule has 0 bridgehead atoms. The number of nitrogens with one attached hydrogen (secondary N) is 2. The third-order valence-electron chi connectivity index (χ3n) is 1.80. The van der Waals surface area contributed by atoms with Gasteiger partial charge in [0.2, 0.25) is 0 Å². The lowest BCUT2D eigenvalue weighted by atomic mass is 10.1. The van der Waals surface area contributed by atoms with Crippen molar-refractivity contribution >= 4 is 0 Å². The van der Waals surface area contributed by atoms with Crippen molar-refractivity contribution in [2.75, 3.05) is 7.05 Å². The summed E-state index contributed by atoms with van der Waals surface area (Å²) in [6.45, 7) is 8.82. The molecule has 74 valence electrons. The molecule has 0 fully saturated rings. The van der Waals surface area contributed by atoms with Gasteiger partial charge in [0.25, 0.3) is 0 Å². The average Bonchev–Trinajstić information content (AvgIpc) is 1.95. The first kappa shape index (κ1) is 11.9. The Balaban J connectivity index is 3.67. The molecule has 0 spiro atoms. The minimum Gasteiger partial charge on any atom is -0.305 e. The van der Waals surface area contributed by atoms with Crippen LogP contribution in [-0.4, -0.2) is 18.8 Å². The molecule has 2 heteroatoms. The lowest BCUT2D eigenvalue weighted by molar-refractivity contribution is 0.312. The maximum atomic E-state index is 3.53. The highest BCUT2D eigenvalue weighted by molar-refractivity contribution is 4.75. The van der Waals surface area contributed by atoms with Gasteiger partial charge in [-0.25, -0.2) is 0 Å². The van der Waals surface area contributed by atoms with Crippen LogP contribution in [0.1, 0.15) is 47.0 Å². The van der Waals surface area contributed by atoms with E-state index >= 15 is 0 Å². The predicted octanol–water partition coefficient (Wildman–Crippen LogP) is 2.11. The van der Waals surface area contributed by atoms with Crippen LogP contribution < -0.4 is 10.6 Å². The fraction of sp³-hybridized carbons (Fsp3) is 1.00. The monoisotopic (exact) mass is 172 g/mol. The number of hydrogen-bond acceptors (Lipinski definition) is 2. The van der Waals surface area contributed by atoms with E-state index in [0.717, 1.165) is 0 Å². The molecule has 12 heavy (non-hydrogen) atoms. The summed E-state index contributed by atoms with van der Waals surface area (Å²) in [5.41, 5.74) is 0.210. The van der Waals surface area contributed by atoms with E-state index < -0.39 is 0 Å². The van der Waals surface area contributed by atoms with Gasteiger partial charge in [-0.2, -0.15) is 0 Å². The summed E-state index contributed by atoms with van der Waals surface area (Å²) in [5, 5.41) is 6.81. The molecule has 0 rings (SSSR count). The molecule has 0 heterocycles. The third kappa shape index (κ3) is 6.62. The van der Waals surface area contributed by atoms with E-state index in [-0.39, 0.29) is 5.54 Å². The second-order valence-electron chi connectivity index (χ2n) is 4.38. The van der Waals surface area contributed by atoms with Gasteiger partial charge in [-0.05, 0) is 34.2 Å². The van der Waals surface area contributed by atoms with Crippen LogP contribution in [0.5, 0.6) is 0 Å². The van der Waals surface area contributed by atoms with Gasteiger partial charge in [0.15, 0.2) is 0 Å². The standard InChI is InChI=1S/C10H24N2/c1-6-7-8-9(11-5)12-10(2,3)4/h9,11-12H,6-8H2,1-5H3. The second-order valence-corrected chi connectivity index (χ2v) is 4.38. The van der Waals surface area contributed by atoms with Crippen LogP contribution in [0.15, 0.2) is 0 Å². The molecule has 0 aliphatic heterocycles. The Morgan fingerprint density at radius 1 is 1.25 bits per heavy atom. The van der Waals surface area contributed by atoms with Crippen LogP contribution in [0, 0.1) is 0 Å². The molecule has 1 atom stereocenters. The first-order valence-corrected chi connectivity index (χ1v) is 4.94. The lowest BCUT2D eigenvalue weighted by Gasteiger charge is -2.28. The highest BCUT2D eigenvalue weighted by Crippen LogP contribution is 2.04. The van der Waals surface area contributed by atoms with E-state index in [1.54, 1.807) is 0 Å². The third-order valence-corrected chi connectivity index (χ3v) is 1.80. The summed E-state index contributed by atoms with van der Waals surface area (Å²) in [4.78, 5) is 0. The van der Waals surface area contributed by atoms with Crippen LogP contribution in [0.3, 0.4) is 0 Å². The van der Waals surface area contributed by atoms with E-state index in [4.69, 9.17) is 0 Å². The average molecular weight is 172 g/mol. The summed E-state index contributed by atoms with van der Waals surface area (Å²) in [6, 6.07) is 0. The zero-order valence-corrected chi connectivity index (χ0v) is 9.20. The van der Waals surface area contributed by atoms with Crippen molar-refractivity contribution in [1.82, 2.24) is 10.6 Å². The van der Waals surface area contributed by atoms with E-state index in [9.17, 15) is 0 Å². The van der Waals surface area contributed by atoms with Gasteiger partial charge in [0.05, 0.1) is 6.17 Å². The summed E-state index contributed by atoms with van der Waals surface area (Å²) >= 11 is 0. The van der Waals surface area contributed by atoms with E-state index in [1.165, 1.54) is 19.3 Å². The van der Waals surface area contributed by atoms with Gasteiger partial charge in [-0.1, -0.05) is 19.8 Å². The Kier molecular flexibility index (Phi) is 5.51. The van der Waals surface area contributed by atoms with Gasteiger partial charge in [0, 0.05) is 5.54 Å². The normalized spacial score (nSPS) is 14.8. The number of rotatable bonds is 5. The van der Waals surface area contributed by atoms with E-state index in [2.05, 4.69) is 38.3 Å². The highest BCUT2D eigenvalue weighted by Gasteiger charge is 2.14. The van der Waals surface area contributed by atoms with Crippen LogP contribution >= 0.6 is 0 Å². The van der Waals surface area contributed by atoms with E-state index in [1.807, 2.05) is 7.05 Å². The second kappa shape index (κ2) is 5.55. The molecule has 0 saturated heterocycles. The first-order chi connectivity index (χ1) is 5.49. The van der Waals surface area contributed by atoms with Gasteiger partial charge >= 0.3 is 0 Å². The van der Waals surface area contributed by atoms with Crippen molar-refractivity contribution < 1.29 is 0 Å². The SMILES string of the molecule is CCCCC(NC)NC(C)(C)C. The summed E-state index contributed by atoms with van der Waals surface area (Å²) < 4.78 is 0. The molecule has 0 amide bonds. The lowest BCUT2D eigenvalue weighted by Crippen LogP contribution is -2.49.